The lowest BCUT2D eigenvalue weighted by Gasteiger charge is -2.34. The number of carbonyl (C=O) groups excluding carboxylic acids is 2. The van der Waals surface area contributed by atoms with E-state index in [9.17, 15) is 27.9 Å². The summed E-state index contributed by atoms with van der Waals surface area (Å²) in [6.45, 7) is 6.30. The Balaban J connectivity index is 1.71. The Hall–Kier alpha value is -3.58. The van der Waals surface area contributed by atoms with Crippen LogP contribution in [0.4, 0.5) is 18.9 Å². The summed E-state index contributed by atoms with van der Waals surface area (Å²) in [6, 6.07) is 2.34. The number of alkyl halides is 3. The maximum Gasteiger partial charge on any atom is 0.451 e. The number of aryl methyl sites for hydroxylation is 1. The predicted molar refractivity (Wildman–Crippen MR) is 129 cm³/mol. The highest BCUT2D eigenvalue weighted by atomic mass is 32.1. The molecular formula is C24H24F3N5O4S. The molecule has 2 amide bonds. The van der Waals surface area contributed by atoms with Gasteiger partial charge in [-0.15, -0.1) is 11.3 Å². The van der Waals surface area contributed by atoms with E-state index in [0.717, 1.165) is 17.3 Å². The molecule has 1 unspecified atom stereocenters. The first-order valence-electron chi connectivity index (χ1n) is 11.2. The maximum atomic E-state index is 13.3. The number of fused-ring (bicyclic) bond motifs is 1. The van der Waals surface area contributed by atoms with Crippen molar-refractivity contribution in [3.05, 3.63) is 52.6 Å². The summed E-state index contributed by atoms with van der Waals surface area (Å²) in [7, 11) is 0. The number of halogens is 3. The van der Waals surface area contributed by atoms with Crippen LogP contribution in [0.2, 0.25) is 0 Å². The second-order valence-corrected chi connectivity index (χ2v) is 10.5. The van der Waals surface area contributed by atoms with E-state index in [4.69, 9.17) is 4.74 Å². The van der Waals surface area contributed by atoms with Crippen molar-refractivity contribution in [3.63, 3.8) is 0 Å². The molecule has 13 heteroatoms. The fourth-order valence-corrected chi connectivity index (χ4v) is 4.49. The lowest BCUT2D eigenvalue weighted by atomic mass is 10.0. The third-order valence-corrected chi connectivity index (χ3v) is 6.38. The first kappa shape index (κ1) is 26.5. The molecule has 1 atom stereocenters. The first-order valence-corrected chi connectivity index (χ1v) is 12.0. The molecule has 0 aliphatic carbocycles. The monoisotopic (exact) mass is 535 g/mol. The second-order valence-electron chi connectivity index (χ2n) is 9.26. The minimum atomic E-state index is -4.67. The van der Waals surface area contributed by atoms with Gasteiger partial charge in [-0.25, -0.2) is 15.0 Å². The number of nitrogens with one attached hydrogen (secondary N) is 1. The quantitative estimate of drug-likeness (QED) is 0.491. The van der Waals surface area contributed by atoms with Gasteiger partial charge in [-0.2, -0.15) is 13.2 Å². The van der Waals surface area contributed by atoms with E-state index < -0.39 is 29.6 Å². The Morgan fingerprint density at radius 1 is 1.22 bits per heavy atom. The highest BCUT2D eigenvalue weighted by molar-refractivity contribution is 7.15. The van der Waals surface area contributed by atoms with E-state index in [0.29, 0.717) is 22.0 Å². The average molecular weight is 536 g/mol. The minimum absolute atomic E-state index is 0.0388. The smallest absolute Gasteiger partial charge is 0.451 e. The van der Waals surface area contributed by atoms with Gasteiger partial charge >= 0.3 is 6.18 Å². The second kappa shape index (κ2) is 9.71. The molecule has 4 rings (SSSR count). The zero-order chi connectivity index (χ0) is 27.1. The van der Waals surface area contributed by atoms with Gasteiger partial charge in [-0.05, 0) is 39.8 Å². The molecule has 0 bridgehead atoms. The summed E-state index contributed by atoms with van der Waals surface area (Å²) in [4.78, 5) is 39.3. The maximum absolute atomic E-state index is 13.3. The van der Waals surface area contributed by atoms with Crippen molar-refractivity contribution in [3.8, 4) is 16.3 Å². The number of benzene rings is 1. The number of carbonyl (C=O) groups is 2. The molecule has 0 radical (unpaired) electrons. The number of hydrogen-bond donors (Lipinski definition) is 2. The fourth-order valence-electron chi connectivity index (χ4n) is 3.71. The molecule has 37 heavy (non-hydrogen) atoms. The molecular weight excluding hydrogens is 511 g/mol. The van der Waals surface area contributed by atoms with Gasteiger partial charge in [-0.1, -0.05) is 0 Å². The number of ether oxygens (including phenoxy) is 1. The summed E-state index contributed by atoms with van der Waals surface area (Å²) in [5.74, 6) is -1.85. The standard InChI is InChI=1S/C24H24F3N5O4S/c1-12-7-28-21(37-12)16-5-14(6-17-19(16)36-10-18(33)32(17)11-23(3,4)35)20(34)31-13(2)15-8-29-22(30-9-15)24(25,26)27/h5-9,13,35H,10-11H2,1-4H3,(H,31,34). The number of rotatable bonds is 6. The van der Waals surface area contributed by atoms with E-state index in [-0.39, 0.29) is 30.2 Å². The first-order chi connectivity index (χ1) is 17.2. The fraction of sp³-hybridized carbons (Fsp3) is 0.375. The van der Waals surface area contributed by atoms with Crippen molar-refractivity contribution in [1.29, 1.82) is 0 Å². The number of hydrogen-bond acceptors (Lipinski definition) is 8. The SMILES string of the molecule is Cc1cnc(-c2cc(C(=O)NC(C)c3cnc(C(F)(F)F)nc3)cc3c2OCC(=O)N3CC(C)(C)O)s1. The topological polar surface area (TPSA) is 118 Å². The lowest BCUT2D eigenvalue weighted by Crippen LogP contribution is -2.46. The normalized spacial score (nSPS) is 14.7. The molecule has 2 N–H and O–H groups in total. The Bertz CT molecular complexity index is 1340. The molecule has 1 aliphatic rings. The van der Waals surface area contributed by atoms with Gasteiger partial charge in [0.1, 0.15) is 5.01 Å². The van der Waals surface area contributed by atoms with Crippen LogP contribution in [0.15, 0.2) is 30.7 Å². The summed E-state index contributed by atoms with van der Waals surface area (Å²) in [6.07, 6.45) is -0.981. The van der Waals surface area contributed by atoms with E-state index in [2.05, 4.69) is 20.3 Å². The molecule has 3 aromatic rings. The average Bonchev–Trinajstić information content (AvgIpc) is 3.25. The largest absolute Gasteiger partial charge is 0.481 e. The van der Waals surface area contributed by atoms with Crippen LogP contribution < -0.4 is 15.0 Å². The Morgan fingerprint density at radius 3 is 2.46 bits per heavy atom. The van der Waals surface area contributed by atoms with E-state index in [1.807, 2.05) is 6.92 Å². The van der Waals surface area contributed by atoms with Crippen LogP contribution in [-0.2, 0) is 11.0 Å². The zero-order valence-corrected chi connectivity index (χ0v) is 21.2. The summed E-state index contributed by atoms with van der Waals surface area (Å²) in [5.41, 5.74) is 0.0221. The summed E-state index contributed by atoms with van der Waals surface area (Å²) in [5, 5.41) is 13.7. The van der Waals surface area contributed by atoms with Gasteiger partial charge < -0.3 is 20.1 Å². The molecule has 0 spiro atoms. The Morgan fingerprint density at radius 2 is 1.89 bits per heavy atom. The summed E-state index contributed by atoms with van der Waals surface area (Å²) >= 11 is 1.38. The van der Waals surface area contributed by atoms with Crippen LogP contribution in [-0.4, -0.2) is 50.6 Å². The molecule has 0 saturated carbocycles. The number of anilines is 1. The number of thiazole rings is 1. The van der Waals surface area contributed by atoms with Gasteiger partial charge in [0.2, 0.25) is 5.82 Å². The van der Waals surface area contributed by atoms with Crippen molar-refractivity contribution < 1.29 is 32.6 Å². The van der Waals surface area contributed by atoms with Crippen LogP contribution in [0, 0.1) is 6.92 Å². The van der Waals surface area contributed by atoms with Crippen molar-refractivity contribution in [1.82, 2.24) is 20.3 Å². The van der Waals surface area contributed by atoms with Crippen LogP contribution in [0.25, 0.3) is 10.6 Å². The summed E-state index contributed by atoms with van der Waals surface area (Å²) < 4.78 is 44.1. The van der Waals surface area contributed by atoms with Gasteiger partial charge in [0.05, 0.1) is 29.4 Å². The number of aliphatic hydroxyl groups is 1. The molecule has 196 valence electrons. The number of β-amino-alcohol motifs (C(OH)–C–C–N with tert-alkyl or cyclic N) is 1. The van der Waals surface area contributed by atoms with E-state index >= 15 is 0 Å². The van der Waals surface area contributed by atoms with Gasteiger partial charge in [-0.3, -0.25) is 9.59 Å². The molecule has 0 saturated heterocycles. The predicted octanol–water partition coefficient (Wildman–Crippen LogP) is 3.91. The number of nitrogens with zero attached hydrogens (tertiary/aromatic N) is 4. The number of amides is 2. The Labute approximate surface area is 214 Å². The van der Waals surface area contributed by atoms with Crippen LogP contribution in [0.1, 0.15) is 53.4 Å². The zero-order valence-electron chi connectivity index (χ0n) is 20.4. The van der Waals surface area contributed by atoms with Crippen molar-refractivity contribution >= 4 is 28.8 Å². The van der Waals surface area contributed by atoms with Crippen molar-refractivity contribution in [2.45, 2.75) is 45.5 Å². The van der Waals surface area contributed by atoms with Crippen LogP contribution in [0.3, 0.4) is 0 Å². The molecule has 3 heterocycles. The third kappa shape index (κ3) is 5.88. The van der Waals surface area contributed by atoms with Gasteiger partial charge in [0.15, 0.2) is 12.4 Å². The lowest BCUT2D eigenvalue weighted by molar-refractivity contribution is -0.145. The molecule has 9 nitrogen and oxygen atoms in total. The highest BCUT2D eigenvalue weighted by Gasteiger charge is 2.35. The van der Waals surface area contributed by atoms with Crippen molar-refractivity contribution in [2.75, 3.05) is 18.1 Å². The Kier molecular flexibility index (Phi) is 6.95. The molecule has 2 aromatic heterocycles. The molecule has 0 fully saturated rings. The molecule has 1 aliphatic heterocycles. The van der Waals surface area contributed by atoms with Crippen molar-refractivity contribution in [2.24, 2.45) is 0 Å². The molecule has 1 aromatic carbocycles. The van der Waals surface area contributed by atoms with Crippen LogP contribution in [0.5, 0.6) is 5.75 Å². The van der Waals surface area contributed by atoms with E-state index in [1.54, 1.807) is 33.0 Å². The van der Waals surface area contributed by atoms with Gasteiger partial charge in [0.25, 0.3) is 11.8 Å². The third-order valence-electron chi connectivity index (χ3n) is 5.43. The van der Waals surface area contributed by atoms with E-state index in [1.165, 1.54) is 22.3 Å². The van der Waals surface area contributed by atoms with Gasteiger partial charge in [0, 0.05) is 34.6 Å². The van der Waals surface area contributed by atoms with Crippen LogP contribution >= 0.6 is 11.3 Å². The number of aromatic nitrogens is 3. The minimum Gasteiger partial charge on any atom is -0.481 e. The highest BCUT2D eigenvalue weighted by Crippen LogP contribution is 2.43.